The van der Waals surface area contributed by atoms with Crippen molar-refractivity contribution in [1.29, 1.82) is 5.26 Å². The molecule has 0 atom stereocenters. The van der Waals surface area contributed by atoms with Crippen LogP contribution in [0.15, 0.2) is 54.2 Å². The topological polar surface area (TPSA) is 74.1 Å². The largest absolute Gasteiger partial charge is 0.496 e. The van der Waals surface area contributed by atoms with Crippen molar-refractivity contribution in [3.63, 3.8) is 0 Å². The summed E-state index contributed by atoms with van der Waals surface area (Å²) in [6.45, 7) is 4.35. The van der Waals surface area contributed by atoms with E-state index in [1.807, 2.05) is 62.4 Å². The van der Waals surface area contributed by atoms with Crippen molar-refractivity contribution >= 4 is 11.6 Å². The lowest BCUT2D eigenvalue weighted by molar-refractivity contribution is -0.112. The number of carbonyl (C=O) groups is 1. The van der Waals surface area contributed by atoms with E-state index >= 15 is 0 Å². The van der Waals surface area contributed by atoms with Gasteiger partial charge in [0.2, 0.25) is 0 Å². The number of benzene rings is 2. The van der Waals surface area contributed by atoms with E-state index in [0.717, 1.165) is 22.4 Å². The van der Waals surface area contributed by atoms with Crippen LogP contribution in [0, 0.1) is 25.2 Å². The maximum atomic E-state index is 12.3. The molecule has 0 fully saturated rings. The van der Waals surface area contributed by atoms with Gasteiger partial charge in [0.15, 0.2) is 0 Å². The van der Waals surface area contributed by atoms with Gasteiger partial charge >= 0.3 is 0 Å². The Morgan fingerprint density at radius 3 is 2.68 bits per heavy atom. The standard InChI is InChI=1S/C20H21N3O2/c1-14-7-6-9-18(15(14)2)23-20(24)17(11-21)13-22-12-16-8-4-5-10-19(16)25-3/h4-10,13,22H,12H2,1-3H3,(H,23,24)/b17-13-. The molecule has 2 N–H and O–H groups in total. The zero-order valence-corrected chi connectivity index (χ0v) is 14.6. The fourth-order valence-electron chi connectivity index (χ4n) is 2.34. The molecule has 25 heavy (non-hydrogen) atoms. The summed E-state index contributed by atoms with van der Waals surface area (Å²) < 4.78 is 5.28. The minimum absolute atomic E-state index is 0.0100. The Bertz CT molecular complexity index is 835. The number of anilines is 1. The highest BCUT2D eigenvalue weighted by Gasteiger charge is 2.11. The Kier molecular flexibility index (Phi) is 6.19. The Morgan fingerprint density at radius 2 is 1.96 bits per heavy atom. The van der Waals surface area contributed by atoms with Gasteiger partial charge in [0, 0.05) is 24.0 Å². The summed E-state index contributed by atoms with van der Waals surface area (Å²) in [4.78, 5) is 12.3. The average molecular weight is 335 g/mol. The van der Waals surface area contributed by atoms with E-state index in [4.69, 9.17) is 4.74 Å². The average Bonchev–Trinajstić information content (AvgIpc) is 2.62. The number of hydrogen-bond acceptors (Lipinski definition) is 4. The molecule has 0 aliphatic carbocycles. The molecule has 0 aromatic heterocycles. The highest BCUT2D eigenvalue weighted by Crippen LogP contribution is 2.19. The van der Waals surface area contributed by atoms with Crippen LogP contribution in [0.25, 0.3) is 0 Å². The van der Waals surface area contributed by atoms with Crippen LogP contribution in [0.1, 0.15) is 16.7 Å². The van der Waals surface area contributed by atoms with Gasteiger partial charge in [-0.2, -0.15) is 5.26 Å². The van der Waals surface area contributed by atoms with E-state index in [0.29, 0.717) is 12.2 Å². The number of aryl methyl sites for hydroxylation is 1. The predicted molar refractivity (Wildman–Crippen MR) is 98.1 cm³/mol. The summed E-state index contributed by atoms with van der Waals surface area (Å²) in [5.74, 6) is 0.311. The minimum Gasteiger partial charge on any atom is -0.496 e. The van der Waals surface area contributed by atoms with Gasteiger partial charge in [0.1, 0.15) is 17.4 Å². The monoisotopic (exact) mass is 335 g/mol. The molecule has 0 saturated heterocycles. The second-order valence-corrected chi connectivity index (χ2v) is 5.56. The first-order valence-corrected chi connectivity index (χ1v) is 7.90. The molecule has 0 radical (unpaired) electrons. The third-order valence-corrected chi connectivity index (χ3v) is 3.95. The van der Waals surface area contributed by atoms with Gasteiger partial charge in [0.25, 0.3) is 5.91 Å². The molecular weight excluding hydrogens is 314 g/mol. The van der Waals surface area contributed by atoms with Crippen molar-refractivity contribution in [2.24, 2.45) is 0 Å². The Balaban J connectivity index is 2.05. The van der Waals surface area contributed by atoms with Crippen molar-refractivity contribution in [3.8, 4) is 11.8 Å². The van der Waals surface area contributed by atoms with E-state index in [-0.39, 0.29) is 5.57 Å². The number of nitriles is 1. The molecule has 128 valence electrons. The summed E-state index contributed by atoms with van der Waals surface area (Å²) in [6, 6.07) is 15.2. The number of ether oxygens (including phenoxy) is 1. The van der Waals surface area contributed by atoms with Crippen LogP contribution in [0.4, 0.5) is 5.69 Å². The Hall–Kier alpha value is -3.26. The summed E-state index contributed by atoms with van der Waals surface area (Å²) in [7, 11) is 1.60. The van der Waals surface area contributed by atoms with Crippen LogP contribution < -0.4 is 15.4 Å². The molecule has 0 bridgehead atoms. The zero-order chi connectivity index (χ0) is 18.2. The number of rotatable bonds is 6. The predicted octanol–water partition coefficient (Wildman–Crippen LogP) is 3.45. The Morgan fingerprint density at radius 1 is 1.20 bits per heavy atom. The molecule has 2 aromatic rings. The van der Waals surface area contributed by atoms with E-state index in [1.54, 1.807) is 7.11 Å². The Labute approximate surface area is 147 Å². The summed E-state index contributed by atoms with van der Waals surface area (Å²) in [5.41, 5.74) is 3.71. The molecule has 0 unspecified atom stereocenters. The van der Waals surface area contributed by atoms with Gasteiger partial charge in [0.05, 0.1) is 7.11 Å². The highest BCUT2D eigenvalue weighted by molar-refractivity contribution is 6.06. The quantitative estimate of drug-likeness (QED) is 0.626. The van der Waals surface area contributed by atoms with Crippen molar-refractivity contribution in [1.82, 2.24) is 5.32 Å². The SMILES string of the molecule is COc1ccccc1CN/C=C(/C#N)C(=O)Nc1cccc(C)c1C. The van der Waals surface area contributed by atoms with Crippen molar-refractivity contribution in [2.45, 2.75) is 20.4 Å². The van der Waals surface area contributed by atoms with Gasteiger partial charge in [-0.3, -0.25) is 4.79 Å². The molecule has 5 nitrogen and oxygen atoms in total. The highest BCUT2D eigenvalue weighted by atomic mass is 16.5. The van der Waals surface area contributed by atoms with Crippen LogP contribution in [0.3, 0.4) is 0 Å². The molecule has 0 heterocycles. The first-order chi connectivity index (χ1) is 12.1. The van der Waals surface area contributed by atoms with Crippen molar-refractivity contribution in [3.05, 3.63) is 70.9 Å². The molecular formula is C20H21N3O2. The van der Waals surface area contributed by atoms with Crippen LogP contribution in [0.2, 0.25) is 0 Å². The van der Waals surface area contributed by atoms with E-state index in [1.165, 1.54) is 6.20 Å². The molecule has 2 aromatic carbocycles. The lowest BCUT2D eigenvalue weighted by atomic mass is 10.1. The number of methoxy groups -OCH3 is 1. The van der Waals surface area contributed by atoms with E-state index < -0.39 is 5.91 Å². The maximum Gasteiger partial charge on any atom is 0.267 e. The number of nitrogens with zero attached hydrogens (tertiary/aromatic N) is 1. The van der Waals surface area contributed by atoms with E-state index in [2.05, 4.69) is 10.6 Å². The normalized spacial score (nSPS) is 10.7. The minimum atomic E-state index is -0.441. The summed E-state index contributed by atoms with van der Waals surface area (Å²) in [6.07, 6.45) is 1.42. The molecule has 1 amide bonds. The fourth-order valence-corrected chi connectivity index (χ4v) is 2.34. The van der Waals surface area contributed by atoms with Gasteiger partial charge < -0.3 is 15.4 Å². The number of hydrogen-bond donors (Lipinski definition) is 2. The molecule has 0 spiro atoms. The van der Waals surface area contributed by atoms with Crippen LogP contribution in [-0.4, -0.2) is 13.0 Å². The number of nitrogens with one attached hydrogen (secondary N) is 2. The van der Waals surface area contributed by atoms with Gasteiger partial charge in [-0.05, 0) is 37.1 Å². The van der Waals surface area contributed by atoms with Gasteiger partial charge in [-0.1, -0.05) is 30.3 Å². The van der Waals surface area contributed by atoms with Crippen LogP contribution in [-0.2, 0) is 11.3 Å². The lowest BCUT2D eigenvalue weighted by Gasteiger charge is -2.10. The van der Waals surface area contributed by atoms with E-state index in [9.17, 15) is 10.1 Å². The first kappa shape index (κ1) is 18.1. The number of carbonyl (C=O) groups excluding carboxylic acids is 1. The molecule has 0 aliphatic heterocycles. The lowest BCUT2D eigenvalue weighted by Crippen LogP contribution is -2.17. The maximum absolute atomic E-state index is 12.3. The van der Waals surface area contributed by atoms with Crippen molar-refractivity contribution < 1.29 is 9.53 Å². The third-order valence-electron chi connectivity index (χ3n) is 3.95. The summed E-state index contributed by atoms with van der Waals surface area (Å²) in [5, 5.41) is 15.0. The van der Waals surface area contributed by atoms with Gasteiger partial charge in [-0.25, -0.2) is 0 Å². The fraction of sp³-hybridized carbons (Fsp3) is 0.200. The van der Waals surface area contributed by atoms with Crippen LogP contribution in [0.5, 0.6) is 5.75 Å². The second kappa shape index (κ2) is 8.55. The van der Waals surface area contributed by atoms with Crippen molar-refractivity contribution in [2.75, 3.05) is 12.4 Å². The molecule has 0 saturated carbocycles. The smallest absolute Gasteiger partial charge is 0.267 e. The van der Waals surface area contributed by atoms with Crippen LogP contribution >= 0.6 is 0 Å². The summed E-state index contributed by atoms with van der Waals surface area (Å²) >= 11 is 0. The zero-order valence-electron chi connectivity index (χ0n) is 14.6. The molecule has 5 heteroatoms. The second-order valence-electron chi connectivity index (χ2n) is 5.56. The van der Waals surface area contributed by atoms with Gasteiger partial charge in [-0.15, -0.1) is 0 Å². The number of para-hydroxylation sites is 1. The first-order valence-electron chi connectivity index (χ1n) is 7.90. The number of amides is 1. The molecule has 2 rings (SSSR count). The molecule has 0 aliphatic rings. The third kappa shape index (κ3) is 4.61.